The van der Waals surface area contributed by atoms with Crippen LogP contribution in [0.2, 0.25) is 5.02 Å². The molecule has 3 aromatic carbocycles. The maximum absolute atomic E-state index is 12.9. The van der Waals surface area contributed by atoms with Crippen LogP contribution in [0.1, 0.15) is 31.2 Å². The lowest BCUT2D eigenvalue weighted by Crippen LogP contribution is -2.38. The number of para-hydroxylation sites is 1. The number of anilines is 2. The zero-order valence-electron chi connectivity index (χ0n) is 19.7. The maximum Gasteiger partial charge on any atom is 0.257 e. The van der Waals surface area contributed by atoms with Crippen LogP contribution in [0.4, 0.5) is 10.7 Å². The Labute approximate surface area is 229 Å². The molecule has 0 bridgehead atoms. The van der Waals surface area contributed by atoms with Crippen LogP contribution >= 0.6 is 35.2 Å². The molecule has 9 heteroatoms. The van der Waals surface area contributed by atoms with E-state index in [4.69, 9.17) is 29.6 Å². The van der Waals surface area contributed by atoms with Crippen molar-refractivity contribution in [2.45, 2.75) is 13.0 Å². The van der Waals surface area contributed by atoms with E-state index in [9.17, 15) is 9.59 Å². The largest absolute Gasteiger partial charge is 0.365 e. The van der Waals surface area contributed by atoms with Gasteiger partial charge in [-0.25, -0.2) is 0 Å². The Morgan fingerprint density at radius 1 is 0.946 bits per heavy atom. The van der Waals surface area contributed by atoms with Crippen molar-refractivity contribution in [1.29, 1.82) is 0 Å². The molecule has 4 aromatic rings. The van der Waals surface area contributed by atoms with Crippen molar-refractivity contribution in [3.8, 4) is 11.1 Å². The predicted octanol–water partition coefficient (Wildman–Crippen LogP) is 6.17. The smallest absolute Gasteiger partial charge is 0.257 e. The first-order valence-electron chi connectivity index (χ1n) is 11.6. The summed E-state index contributed by atoms with van der Waals surface area (Å²) in [5.74, 6) is -0.962. The van der Waals surface area contributed by atoms with E-state index in [1.807, 2.05) is 36.4 Å². The molecule has 4 N–H and O–H groups in total. The van der Waals surface area contributed by atoms with Crippen LogP contribution in [-0.2, 0) is 13.0 Å². The molecule has 0 fully saturated rings. The summed E-state index contributed by atoms with van der Waals surface area (Å²) in [7, 11) is 0. The Bertz CT molecular complexity index is 1500. The Kier molecular flexibility index (Phi) is 7.23. The number of nitrogens with two attached hydrogens (primary N) is 1. The van der Waals surface area contributed by atoms with Gasteiger partial charge in [0.2, 0.25) is 0 Å². The van der Waals surface area contributed by atoms with Crippen LogP contribution < -0.4 is 16.4 Å². The van der Waals surface area contributed by atoms with Gasteiger partial charge in [0, 0.05) is 22.7 Å². The van der Waals surface area contributed by atoms with Crippen LogP contribution in [0.5, 0.6) is 0 Å². The van der Waals surface area contributed by atoms with Gasteiger partial charge in [-0.05, 0) is 48.0 Å². The number of thiocarbonyl (C=S) groups is 1. The van der Waals surface area contributed by atoms with E-state index in [-0.39, 0.29) is 0 Å². The Hall–Kier alpha value is -3.72. The van der Waals surface area contributed by atoms with E-state index < -0.39 is 11.8 Å². The zero-order chi connectivity index (χ0) is 25.9. The van der Waals surface area contributed by atoms with Crippen molar-refractivity contribution < 1.29 is 9.59 Å². The summed E-state index contributed by atoms with van der Waals surface area (Å²) < 4.78 is 0. The van der Waals surface area contributed by atoms with E-state index >= 15 is 0 Å². The third-order valence-corrected chi connectivity index (χ3v) is 8.01. The van der Waals surface area contributed by atoms with Gasteiger partial charge < -0.3 is 21.3 Å². The number of primary amides is 1. The van der Waals surface area contributed by atoms with Crippen LogP contribution in [0.15, 0.2) is 78.9 Å². The van der Waals surface area contributed by atoms with Gasteiger partial charge in [0.15, 0.2) is 5.11 Å². The number of halogens is 1. The number of fused-ring (bicyclic) bond motifs is 1. The zero-order valence-corrected chi connectivity index (χ0v) is 22.1. The molecule has 5 rings (SSSR count). The number of rotatable bonds is 5. The normalized spacial score (nSPS) is 12.5. The molecule has 37 heavy (non-hydrogen) atoms. The molecule has 2 amide bonds. The quantitative estimate of drug-likeness (QED) is 0.260. The second-order valence-electron chi connectivity index (χ2n) is 8.52. The molecule has 1 aliphatic rings. The van der Waals surface area contributed by atoms with Crippen molar-refractivity contribution in [2.24, 2.45) is 5.73 Å². The summed E-state index contributed by atoms with van der Waals surface area (Å²) in [5, 5.41) is 7.59. The summed E-state index contributed by atoms with van der Waals surface area (Å²) in [4.78, 5) is 28.2. The number of hydrogen-bond acceptors (Lipinski definition) is 4. The van der Waals surface area contributed by atoms with E-state index in [1.54, 1.807) is 24.3 Å². The van der Waals surface area contributed by atoms with Crippen LogP contribution in [-0.4, -0.2) is 28.4 Å². The maximum atomic E-state index is 12.9. The molecule has 0 saturated heterocycles. The lowest BCUT2D eigenvalue weighted by atomic mass is 10.0. The Balaban J connectivity index is 1.36. The molecule has 1 aliphatic heterocycles. The van der Waals surface area contributed by atoms with Gasteiger partial charge in [-0.2, -0.15) is 0 Å². The first-order chi connectivity index (χ1) is 17.9. The van der Waals surface area contributed by atoms with Gasteiger partial charge in [0.05, 0.1) is 22.7 Å². The summed E-state index contributed by atoms with van der Waals surface area (Å²) in [6.45, 7) is 1.11. The third-order valence-electron chi connectivity index (χ3n) is 6.19. The molecule has 0 aliphatic carbocycles. The van der Waals surface area contributed by atoms with Crippen LogP contribution in [0.25, 0.3) is 11.1 Å². The standard InChI is InChI=1S/C28H23ClN4O2S2/c29-21-12-6-4-11-19(21)26(35)32-27-24(25(30)34)20-14-15-33(16-23(20)37-27)28(36)31-22-13-7-5-10-18(22)17-8-2-1-3-9-17/h1-13H,14-16H2,(H2,30,34)(H,31,36)(H,32,35). The lowest BCUT2D eigenvalue weighted by Gasteiger charge is -2.30. The lowest BCUT2D eigenvalue weighted by molar-refractivity contribution is 0.1000. The minimum Gasteiger partial charge on any atom is -0.365 e. The number of nitrogens with zero attached hydrogens (tertiary/aromatic N) is 1. The first kappa shape index (κ1) is 25.0. The second kappa shape index (κ2) is 10.7. The molecule has 0 atom stereocenters. The number of nitrogens with one attached hydrogen (secondary N) is 2. The predicted molar refractivity (Wildman–Crippen MR) is 154 cm³/mol. The van der Waals surface area contributed by atoms with Crippen molar-refractivity contribution >= 4 is 62.8 Å². The SMILES string of the molecule is NC(=O)c1c(NC(=O)c2ccccc2Cl)sc2c1CCN(C(=S)Nc1ccccc1-c1ccccc1)C2. The summed E-state index contributed by atoms with van der Waals surface area (Å²) in [5.41, 5.74) is 10.3. The van der Waals surface area contributed by atoms with Crippen molar-refractivity contribution in [3.05, 3.63) is 105 Å². The average molecular weight is 547 g/mol. The second-order valence-corrected chi connectivity index (χ2v) is 10.4. The van der Waals surface area contributed by atoms with Gasteiger partial charge in [-0.15, -0.1) is 11.3 Å². The van der Waals surface area contributed by atoms with E-state index in [1.165, 1.54) is 11.3 Å². The third kappa shape index (κ3) is 5.22. The number of hydrogen-bond donors (Lipinski definition) is 3. The highest BCUT2D eigenvalue weighted by Crippen LogP contribution is 2.38. The van der Waals surface area contributed by atoms with E-state index in [2.05, 4.69) is 33.7 Å². The molecule has 0 radical (unpaired) electrons. The monoisotopic (exact) mass is 546 g/mol. The average Bonchev–Trinajstić information content (AvgIpc) is 3.27. The highest BCUT2D eigenvalue weighted by Gasteiger charge is 2.29. The van der Waals surface area contributed by atoms with E-state index in [0.717, 1.165) is 27.3 Å². The fraction of sp³-hybridized carbons (Fsp3) is 0.107. The molecule has 6 nitrogen and oxygen atoms in total. The highest BCUT2D eigenvalue weighted by molar-refractivity contribution is 7.80. The Morgan fingerprint density at radius 2 is 1.65 bits per heavy atom. The fourth-order valence-corrected chi connectivity index (χ4v) is 6.15. The molecular formula is C28H23ClN4O2S2. The van der Waals surface area contributed by atoms with Gasteiger partial charge in [-0.1, -0.05) is 72.3 Å². The van der Waals surface area contributed by atoms with Crippen molar-refractivity contribution in [3.63, 3.8) is 0 Å². The number of carbonyl (C=O) groups is 2. The number of carbonyl (C=O) groups excluding carboxylic acids is 2. The Morgan fingerprint density at radius 3 is 2.41 bits per heavy atom. The minimum absolute atomic E-state index is 0.329. The molecule has 0 spiro atoms. The van der Waals surface area contributed by atoms with Crippen molar-refractivity contribution in [2.75, 3.05) is 17.2 Å². The summed E-state index contributed by atoms with van der Waals surface area (Å²) in [6, 6.07) is 24.9. The molecule has 1 aromatic heterocycles. The van der Waals surface area contributed by atoms with Crippen LogP contribution in [0, 0.1) is 0 Å². The highest BCUT2D eigenvalue weighted by atomic mass is 35.5. The minimum atomic E-state index is -0.571. The summed E-state index contributed by atoms with van der Waals surface area (Å²) in [6.07, 6.45) is 0.578. The topological polar surface area (TPSA) is 87.5 Å². The van der Waals surface area contributed by atoms with Gasteiger partial charge >= 0.3 is 0 Å². The molecule has 0 unspecified atom stereocenters. The molecular weight excluding hydrogens is 524 g/mol. The first-order valence-corrected chi connectivity index (χ1v) is 13.2. The fourth-order valence-electron chi connectivity index (χ4n) is 4.40. The molecule has 2 heterocycles. The number of amides is 2. The number of benzene rings is 3. The number of thiophene rings is 1. The van der Waals surface area contributed by atoms with Gasteiger partial charge in [0.25, 0.3) is 11.8 Å². The molecule has 0 saturated carbocycles. The molecule has 186 valence electrons. The summed E-state index contributed by atoms with van der Waals surface area (Å²) >= 11 is 13.3. The van der Waals surface area contributed by atoms with Crippen molar-refractivity contribution in [1.82, 2.24) is 4.90 Å². The van der Waals surface area contributed by atoms with Gasteiger partial charge in [0.1, 0.15) is 5.00 Å². The van der Waals surface area contributed by atoms with Gasteiger partial charge in [-0.3, -0.25) is 9.59 Å². The van der Waals surface area contributed by atoms with E-state index in [0.29, 0.717) is 45.8 Å². The van der Waals surface area contributed by atoms with Crippen LogP contribution in [0.3, 0.4) is 0 Å².